The number of nitrogens with zero attached hydrogens (tertiary/aromatic N) is 1. The minimum absolute atomic E-state index is 0.114. The summed E-state index contributed by atoms with van der Waals surface area (Å²) < 4.78 is 0. The fourth-order valence-corrected chi connectivity index (χ4v) is 1.06. The highest BCUT2D eigenvalue weighted by molar-refractivity contribution is 5.99. The minimum atomic E-state index is -0.114. The number of nitrogens with one attached hydrogen (secondary N) is 1. The maximum atomic E-state index is 11.3. The molecule has 0 aliphatic carbocycles. The third-order valence-corrected chi connectivity index (χ3v) is 1.56. The Labute approximate surface area is 83.9 Å². The lowest BCUT2D eigenvalue weighted by Gasteiger charge is -2.02. The standard InChI is InChI=1S/C11H14N2O/c1-8(2)4-11(14)13-10-5-9(3)6-12-7-10/h4-7H,1-3H3,(H,13,14). The zero-order valence-corrected chi connectivity index (χ0v) is 8.66. The number of carbonyl (C=O) groups is 1. The summed E-state index contributed by atoms with van der Waals surface area (Å²) in [4.78, 5) is 15.3. The first-order chi connectivity index (χ1) is 6.58. The molecule has 0 aromatic carbocycles. The lowest BCUT2D eigenvalue weighted by molar-refractivity contribution is -0.111. The number of amides is 1. The molecule has 3 nitrogen and oxygen atoms in total. The number of aryl methyl sites for hydroxylation is 1. The van der Waals surface area contributed by atoms with Gasteiger partial charge in [0.1, 0.15) is 0 Å². The molecule has 3 heteroatoms. The van der Waals surface area contributed by atoms with Gasteiger partial charge >= 0.3 is 0 Å². The van der Waals surface area contributed by atoms with Crippen LogP contribution < -0.4 is 5.32 Å². The topological polar surface area (TPSA) is 42.0 Å². The smallest absolute Gasteiger partial charge is 0.248 e. The van der Waals surface area contributed by atoms with E-state index in [1.807, 2.05) is 26.8 Å². The van der Waals surface area contributed by atoms with E-state index in [0.717, 1.165) is 16.8 Å². The molecule has 1 amide bonds. The van der Waals surface area contributed by atoms with Crippen LogP contribution in [0.15, 0.2) is 30.1 Å². The van der Waals surface area contributed by atoms with Crippen LogP contribution in [0.1, 0.15) is 19.4 Å². The van der Waals surface area contributed by atoms with Gasteiger partial charge in [0.2, 0.25) is 5.91 Å². The Bertz CT molecular complexity index is 365. The maximum absolute atomic E-state index is 11.3. The van der Waals surface area contributed by atoms with Crippen LogP contribution in [0.25, 0.3) is 0 Å². The molecule has 1 N–H and O–H groups in total. The zero-order valence-electron chi connectivity index (χ0n) is 8.66. The summed E-state index contributed by atoms with van der Waals surface area (Å²) in [6, 6.07) is 1.88. The molecular weight excluding hydrogens is 176 g/mol. The largest absolute Gasteiger partial charge is 0.321 e. The van der Waals surface area contributed by atoms with Crippen molar-refractivity contribution in [3.63, 3.8) is 0 Å². The van der Waals surface area contributed by atoms with E-state index in [4.69, 9.17) is 0 Å². The summed E-state index contributed by atoms with van der Waals surface area (Å²) in [7, 11) is 0. The van der Waals surface area contributed by atoms with Gasteiger partial charge in [-0.05, 0) is 32.4 Å². The van der Waals surface area contributed by atoms with Crippen LogP contribution in [0.2, 0.25) is 0 Å². The van der Waals surface area contributed by atoms with Crippen LogP contribution in [-0.4, -0.2) is 10.9 Å². The minimum Gasteiger partial charge on any atom is -0.321 e. The van der Waals surface area contributed by atoms with Crippen molar-refractivity contribution < 1.29 is 4.79 Å². The van der Waals surface area contributed by atoms with Crippen molar-refractivity contribution >= 4 is 11.6 Å². The predicted molar refractivity (Wildman–Crippen MR) is 57.0 cm³/mol. The number of anilines is 1. The summed E-state index contributed by atoms with van der Waals surface area (Å²) in [5.41, 5.74) is 2.73. The van der Waals surface area contributed by atoms with Gasteiger partial charge in [0.25, 0.3) is 0 Å². The summed E-state index contributed by atoms with van der Waals surface area (Å²) in [5, 5.41) is 2.74. The van der Waals surface area contributed by atoms with E-state index in [2.05, 4.69) is 10.3 Å². The molecule has 1 aromatic heterocycles. The molecule has 0 unspecified atom stereocenters. The summed E-state index contributed by atoms with van der Waals surface area (Å²) in [6.45, 7) is 5.70. The van der Waals surface area contributed by atoms with Crippen molar-refractivity contribution in [3.8, 4) is 0 Å². The molecule has 0 aliphatic heterocycles. The number of carbonyl (C=O) groups excluding carboxylic acids is 1. The van der Waals surface area contributed by atoms with E-state index in [1.54, 1.807) is 18.5 Å². The average Bonchev–Trinajstić information content (AvgIpc) is 2.01. The van der Waals surface area contributed by atoms with Crippen LogP contribution in [-0.2, 0) is 4.79 Å². The van der Waals surface area contributed by atoms with Crippen LogP contribution >= 0.6 is 0 Å². The summed E-state index contributed by atoms with van der Waals surface area (Å²) in [5.74, 6) is -0.114. The van der Waals surface area contributed by atoms with E-state index in [1.165, 1.54) is 0 Å². The number of aromatic nitrogens is 1. The van der Waals surface area contributed by atoms with Gasteiger partial charge in [0.05, 0.1) is 11.9 Å². The molecule has 0 aliphatic rings. The average molecular weight is 190 g/mol. The Balaban J connectivity index is 2.70. The molecule has 0 fully saturated rings. The van der Waals surface area contributed by atoms with Crippen LogP contribution in [0, 0.1) is 6.92 Å². The molecule has 14 heavy (non-hydrogen) atoms. The van der Waals surface area contributed by atoms with Gasteiger partial charge in [0.15, 0.2) is 0 Å². The number of pyridine rings is 1. The molecule has 0 spiro atoms. The van der Waals surface area contributed by atoms with Crippen molar-refractivity contribution in [3.05, 3.63) is 35.7 Å². The molecule has 0 saturated heterocycles. The van der Waals surface area contributed by atoms with Crippen LogP contribution in [0.4, 0.5) is 5.69 Å². The fourth-order valence-electron chi connectivity index (χ4n) is 1.06. The third-order valence-electron chi connectivity index (χ3n) is 1.56. The van der Waals surface area contributed by atoms with E-state index in [0.29, 0.717) is 0 Å². The maximum Gasteiger partial charge on any atom is 0.248 e. The van der Waals surface area contributed by atoms with E-state index in [-0.39, 0.29) is 5.91 Å². The van der Waals surface area contributed by atoms with Crippen LogP contribution in [0.5, 0.6) is 0 Å². The Kier molecular flexibility index (Phi) is 3.40. The number of hydrogen-bond acceptors (Lipinski definition) is 2. The molecule has 0 radical (unpaired) electrons. The normalized spacial score (nSPS) is 9.36. The second-order valence-corrected chi connectivity index (χ2v) is 3.46. The summed E-state index contributed by atoms with van der Waals surface area (Å²) >= 11 is 0. The molecule has 0 atom stereocenters. The molecule has 1 heterocycles. The molecule has 0 bridgehead atoms. The van der Waals surface area contributed by atoms with Crippen molar-refractivity contribution in [2.75, 3.05) is 5.32 Å². The Morgan fingerprint density at radius 3 is 2.71 bits per heavy atom. The highest BCUT2D eigenvalue weighted by Crippen LogP contribution is 2.07. The van der Waals surface area contributed by atoms with Gasteiger partial charge in [-0.1, -0.05) is 5.57 Å². The molecule has 1 rings (SSSR count). The molecule has 0 saturated carbocycles. The first-order valence-electron chi connectivity index (χ1n) is 4.45. The van der Waals surface area contributed by atoms with Gasteiger partial charge < -0.3 is 5.32 Å². The zero-order chi connectivity index (χ0) is 10.6. The van der Waals surface area contributed by atoms with Crippen molar-refractivity contribution in [1.82, 2.24) is 4.98 Å². The lowest BCUT2D eigenvalue weighted by atomic mass is 10.3. The van der Waals surface area contributed by atoms with Crippen molar-refractivity contribution in [1.29, 1.82) is 0 Å². The molecule has 1 aromatic rings. The Morgan fingerprint density at radius 1 is 1.43 bits per heavy atom. The number of rotatable bonds is 2. The van der Waals surface area contributed by atoms with Crippen molar-refractivity contribution in [2.45, 2.75) is 20.8 Å². The molecule has 74 valence electrons. The SMILES string of the molecule is CC(C)=CC(=O)Nc1cncc(C)c1. The number of allylic oxidation sites excluding steroid dienone is 1. The van der Waals surface area contributed by atoms with E-state index < -0.39 is 0 Å². The molecular formula is C11H14N2O. The van der Waals surface area contributed by atoms with Gasteiger partial charge in [-0.2, -0.15) is 0 Å². The Hall–Kier alpha value is -1.64. The van der Waals surface area contributed by atoms with Gasteiger partial charge in [-0.15, -0.1) is 0 Å². The monoisotopic (exact) mass is 190 g/mol. The summed E-state index contributed by atoms with van der Waals surface area (Å²) in [6.07, 6.45) is 4.93. The fraction of sp³-hybridized carbons (Fsp3) is 0.273. The number of hydrogen-bond donors (Lipinski definition) is 1. The first kappa shape index (κ1) is 10.4. The quantitative estimate of drug-likeness (QED) is 0.727. The highest BCUT2D eigenvalue weighted by atomic mass is 16.1. The second kappa shape index (κ2) is 4.56. The second-order valence-electron chi connectivity index (χ2n) is 3.46. The Morgan fingerprint density at radius 2 is 2.14 bits per heavy atom. The first-order valence-corrected chi connectivity index (χ1v) is 4.45. The van der Waals surface area contributed by atoms with E-state index in [9.17, 15) is 4.79 Å². The third kappa shape index (κ3) is 3.39. The van der Waals surface area contributed by atoms with Gasteiger partial charge in [0, 0.05) is 12.3 Å². The van der Waals surface area contributed by atoms with Gasteiger partial charge in [-0.25, -0.2) is 0 Å². The van der Waals surface area contributed by atoms with Crippen LogP contribution in [0.3, 0.4) is 0 Å². The van der Waals surface area contributed by atoms with Gasteiger partial charge in [-0.3, -0.25) is 9.78 Å². The van der Waals surface area contributed by atoms with E-state index >= 15 is 0 Å². The highest BCUT2D eigenvalue weighted by Gasteiger charge is 1.98. The lowest BCUT2D eigenvalue weighted by Crippen LogP contribution is -2.08. The predicted octanol–water partition coefficient (Wildman–Crippen LogP) is 2.29. The van der Waals surface area contributed by atoms with Crippen molar-refractivity contribution in [2.24, 2.45) is 0 Å².